The summed E-state index contributed by atoms with van der Waals surface area (Å²) in [6.45, 7) is 4.13. The van der Waals surface area contributed by atoms with Gasteiger partial charge in [-0.25, -0.2) is 0 Å². The van der Waals surface area contributed by atoms with Crippen LogP contribution >= 0.6 is 0 Å². The molecule has 2 rings (SSSR count). The van der Waals surface area contributed by atoms with Crippen LogP contribution in [0.3, 0.4) is 0 Å². The summed E-state index contributed by atoms with van der Waals surface area (Å²) in [6.07, 6.45) is 5.66. The van der Waals surface area contributed by atoms with E-state index in [-0.39, 0.29) is 11.3 Å². The summed E-state index contributed by atoms with van der Waals surface area (Å²) in [5, 5.41) is 3.05. The fraction of sp³-hybridized carbons (Fsp3) is 0.533. The maximum Gasteiger partial charge on any atom is 0.230 e. The fourth-order valence-electron chi connectivity index (χ4n) is 2.56. The number of hydrogen-bond acceptors (Lipinski definition) is 1. The molecule has 0 heterocycles. The predicted molar refractivity (Wildman–Crippen MR) is 71.0 cm³/mol. The van der Waals surface area contributed by atoms with E-state index in [0.29, 0.717) is 0 Å². The maximum absolute atomic E-state index is 12.3. The quantitative estimate of drug-likeness (QED) is 0.821. The smallest absolute Gasteiger partial charge is 0.230 e. The Morgan fingerprint density at radius 1 is 1.24 bits per heavy atom. The molecule has 0 unspecified atom stereocenters. The molecule has 0 radical (unpaired) electrons. The normalized spacial score (nSPS) is 18.7. The summed E-state index contributed by atoms with van der Waals surface area (Å²) in [6, 6.07) is 7.99. The summed E-state index contributed by atoms with van der Waals surface area (Å²) in [7, 11) is 0. The molecule has 0 aromatic heterocycles. The van der Waals surface area contributed by atoms with Crippen molar-refractivity contribution in [3.05, 3.63) is 29.8 Å². The molecule has 1 saturated carbocycles. The van der Waals surface area contributed by atoms with E-state index in [2.05, 4.69) is 12.2 Å². The lowest BCUT2D eigenvalue weighted by Gasteiger charge is -2.32. The number of carbonyl (C=O) groups is 1. The number of amides is 1. The van der Waals surface area contributed by atoms with E-state index in [1.54, 1.807) is 0 Å². The standard InChI is InChI=1S/C15H21NO/c1-12-7-6-8-13(11-12)16-14(17)15(2)9-4-3-5-10-15/h6-8,11H,3-5,9-10H2,1-2H3,(H,16,17). The Labute approximate surface area is 103 Å². The van der Waals surface area contributed by atoms with Crippen molar-refractivity contribution in [2.75, 3.05) is 5.32 Å². The number of anilines is 1. The highest BCUT2D eigenvalue weighted by molar-refractivity contribution is 5.95. The molecule has 1 aliphatic carbocycles. The van der Waals surface area contributed by atoms with Gasteiger partial charge in [-0.2, -0.15) is 0 Å². The number of aryl methyl sites for hydroxylation is 1. The van der Waals surface area contributed by atoms with Crippen LogP contribution in [0.4, 0.5) is 5.69 Å². The van der Waals surface area contributed by atoms with Gasteiger partial charge in [0, 0.05) is 11.1 Å². The summed E-state index contributed by atoms with van der Waals surface area (Å²) in [4.78, 5) is 12.3. The van der Waals surface area contributed by atoms with Gasteiger partial charge >= 0.3 is 0 Å². The monoisotopic (exact) mass is 231 g/mol. The maximum atomic E-state index is 12.3. The van der Waals surface area contributed by atoms with Gasteiger partial charge in [-0.3, -0.25) is 4.79 Å². The van der Waals surface area contributed by atoms with Crippen molar-refractivity contribution >= 4 is 11.6 Å². The third-order valence-corrected chi connectivity index (χ3v) is 3.78. The zero-order valence-electron chi connectivity index (χ0n) is 10.8. The van der Waals surface area contributed by atoms with E-state index in [0.717, 1.165) is 18.5 Å². The molecule has 1 aromatic rings. The third-order valence-electron chi connectivity index (χ3n) is 3.78. The Morgan fingerprint density at radius 2 is 1.94 bits per heavy atom. The average Bonchev–Trinajstić information content (AvgIpc) is 2.30. The van der Waals surface area contributed by atoms with Crippen LogP contribution in [0.15, 0.2) is 24.3 Å². The minimum absolute atomic E-state index is 0.165. The van der Waals surface area contributed by atoms with Crippen LogP contribution in [0, 0.1) is 12.3 Å². The molecule has 0 atom stereocenters. The largest absolute Gasteiger partial charge is 0.326 e. The lowest BCUT2D eigenvalue weighted by atomic mass is 9.75. The summed E-state index contributed by atoms with van der Waals surface area (Å²) in [5.74, 6) is 0.183. The summed E-state index contributed by atoms with van der Waals surface area (Å²) >= 11 is 0. The molecule has 2 nitrogen and oxygen atoms in total. The molecule has 0 bridgehead atoms. The first-order valence-corrected chi connectivity index (χ1v) is 6.48. The molecule has 0 aliphatic heterocycles. The number of benzene rings is 1. The Bertz CT molecular complexity index is 405. The minimum Gasteiger partial charge on any atom is -0.326 e. The molecule has 0 spiro atoms. The van der Waals surface area contributed by atoms with Crippen LogP contribution in [0.1, 0.15) is 44.6 Å². The van der Waals surface area contributed by atoms with Gasteiger partial charge < -0.3 is 5.32 Å². The van der Waals surface area contributed by atoms with Crippen LogP contribution in [0.2, 0.25) is 0 Å². The number of carbonyl (C=O) groups excluding carboxylic acids is 1. The third kappa shape index (κ3) is 2.87. The zero-order valence-corrected chi connectivity index (χ0v) is 10.8. The van der Waals surface area contributed by atoms with Crippen molar-refractivity contribution in [3.63, 3.8) is 0 Å². The SMILES string of the molecule is Cc1cccc(NC(=O)C2(C)CCCCC2)c1. The van der Waals surface area contributed by atoms with Gasteiger partial charge in [-0.05, 0) is 37.5 Å². The molecule has 2 heteroatoms. The fourth-order valence-corrected chi connectivity index (χ4v) is 2.56. The lowest BCUT2D eigenvalue weighted by Crippen LogP contribution is -2.35. The second-order valence-corrected chi connectivity index (χ2v) is 5.44. The molecule has 17 heavy (non-hydrogen) atoms. The second-order valence-electron chi connectivity index (χ2n) is 5.44. The van der Waals surface area contributed by atoms with Crippen molar-refractivity contribution in [1.82, 2.24) is 0 Å². The van der Waals surface area contributed by atoms with Crippen LogP contribution in [0.5, 0.6) is 0 Å². The van der Waals surface area contributed by atoms with Gasteiger partial charge in [0.25, 0.3) is 0 Å². The van der Waals surface area contributed by atoms with Crippen LogP contribution in [-0.4, -0.2) is 5.91 Å². The van der Waals surface area contributed by atoms with Gasteiger partial charge in [0.15, 0.2) is 0 Å². The Balaban J connectivity index is 2.05. The highest BCUT2D eigenvalue weighted by atomic mass is 16.2. The molecular weight excluding hydrogens is 210 g/mol. The van der Waals surface area contributed by atoms with E-state index < -0.39 is 0 Å². The molecule has 0 saturated heterocycles. The highest BCUT2D eigenvalue weighted by Crippen LogP contribution is 2.36. The molecule has 1 aliphatic rings. The first-order valence-electron chi connectivity index (χ1n) is 6.48. The van der Waals surface area contributed by atoms with Gasteiger partial charge in [-0.15, -0.1) is 0 Å². The van der Waals surface area contributed by atoms with Gasteiger partial charge in [0.1, 0.15) is 0 Å². The first-order chi connectivity index (χ1) is 8.10. The molecule has 1 fully saturated rings. The van der Waals surface area contributed by atoms with Crippen LogP contribution in [0.25, 0.3) is 0 Å². The first kappa shape index (κ1) is 12.2. The number of nitrogens with one attached hydrogen (secondary N) is 1. The van der Waals surface area contributed by atoms with Gasteiger partial charge in [-0.1, -0.05) is 38.3 Å². The number of hydrogen-bond donors (Lipinski definition) is 1. The van der Waals surface area contributed by atoms with E-state index in [1.807, 2.05) is 31.2 Å². The summed E-state index contributed by atoms with van der Waals surface area (Å²) in [5.41, 5.74) is 1.93. The molecule has 1 N–H and O–H groups in total. The summed E-state index contributed by atoms with van der Waals surface area (Å²) < 4.78 is 0. The van der Waals surface area contributed by atoms with Crippen molar-refractivity contribution < 1.29 is 4.79 Å². The van der Waals surface area contributed by atoms with Crippen molar-refractivity contribution in [1.29, 1.82) is 0 Å². The van der Waals surface area contributed by atoms with Crippen molar-refractivity contribution in [3.8, 4) is 0 Å². The Hall–Kier alpha value is -1.31. The number of rotatable bonds is 2. The average molecular weight is 231 g/mol. The van der Waals surface area contributed by atoms with Crippen LogP contribution < -0.4 is 5.32 Å². The van der Waals surface area contributed by atoms with E-state index in [9.17, 15) is 4.79 Å². The molecule has 1 aromatic carbocycles. The predicted octanol–water partition coefficient (Wildman–Crippen LogP) is 3.90. The molecule has 1 amide bonds. The van der Waals surface area contributed by atoms with Crippen molar-refractivity contribution in [2.45, 2.75) is 46.0 Å². The molecule has 92 valence electrons. The molecular formula is C15H21NO. The highest BCUT2D eigenvalue weighted by Gasteiger charge is 2.34. The zero-order chi connectivity index (χ0) is 12.3. The Kier molecular flexibility index (Phi) is 3.51. The van der Waals surface area contributed by atoms with E-state index in [1.165, 1.54) is 24.8 Å². The second kappa shape index (κ2) is 4.91. The topological polar surface area (TPSA) is 29.1 Å². The van der Waals surface area contributed by atoms with Crippen molar-refractivity contribution in [2.24, 2.45) is 5.41 Å². The van der Waals surface area contributed by atoms with Crippen LogP contribution in [-0.2, 0) is 4.79 Å². The minimum atomic E-state index is -0.165. The lowest BCUT2D eigenvalue weighted by molar-refractivity contribution is -0.126. The van der Waals surface area contributed by atoms with E-state index in [4.69, 9.17) is 0 Å². The van der Waals surface area contributed by atoms with Gasteiger partial charge in [0.2, 0.25) is 5.91 Å². The van der Waals surface area contributed by atoms with Gasteiger partial charge in [0.05, 0.1) is 0 Å². The Morgan fingerprint density at radius 3 is 2.59 bits per heavy atom. The van der Waals surface area contributed by atoms with E-state index >= 15 is 0 Å².